The van der Waals surface area contributed by atoms with Gasteiger partial charge in [-0.05, 0) is 37.3 Å². The van der Waals surface area contributed by atoms with Gasteiger partial charge in [-0.3, -0.25) is 23.3 Å². The van der Waals surface area contributed by atoms with Gasteiger partial charge in [0.25, 0.3) is 5.56 Å². The summed E-state index contributed by atoms with van der Waals surface area (Å²) in [6.45, 7) is 6.07. The number of hydrogen-bond donors (Lipinski definition) is 1. The number of carbonyl (C=O) groups is 1. The van der Waals surface area contributed by atoms with Crippen LogP contribution in [-0.4, -0.2) is 30.6 Å². The summed E-state index contributed by atoms with van der Waals surface area (Å²) in [5.74, 6) is 0.309. The Morgan fingerprint density at radius 3 is 2.40 bits per heavy atom. The number of fused-ring (bicyclic) bond motifs is 1. The lowest BCUT2D eigenvalue weighted by Crippen LogP contribution is -2.39. The van der Waals surface area contributed by atoms with E-state index in [0.717, 1.165) is 17.4 Å². The Bertz CT molecular complexity index is 909. The molecule has 2 aromatic heterocycles. The first kappa shape index (κ1) is 19.2. The highest BCUT2D eigenvalue weighted by Gasteiger charge is 2.20. The highest BCUT2D eigenvalue weighted by Crippen LogP contribution is 2.15. The summed E-state index contributed by atoms with van der Waals surface area (Å²) in [5.41, 5.74) is -0.720. The largest absolute Gasteiger partial charge is 0.352 e. The molecule has 8 nitrogen and oxygen atoms in total. The van der Waals surface area contributed by atoms with E-state index in [1.54, 1.807) is 0 Å². The Kier molecular flexibility index (Phi) is 5.72. The second-order valence-corrected chi connectivity index (χ2v) is 7.12. The number of rotatable bonds is 6. The molecule has 2 rings (SSSR count). The number of halogens is 1. The van der Waals surface area contributed by atoms with Crippen molar-refractivity contribution in [3.05, 3.63) is 26.1 Å². The lowest BCUT2D eigenvalue weighted by molar-refractivity contribution is -0.122. The number of hydrogen-bond acceptors (Lipinski definition) is 4. The molecule has 2 heterocycles. The van der Waals surface area contributed by atoms with Gasteiger partial charge >= 0.3 is 5.69 Å². The van der Waals surface area contributed by atoms with Crippen LogP contribution in [0, 0.1) is 5.92 Å². The van der Waals surface area contributed by atoms with Crippen LogP contribution in [-0.2, 0) is 25.4 Å². The Morgan fingerprint density at radius 2 is 1.80 bits per heavy atom. The highest BCUT2D eigenvalue weighted by molar-refractivity contribution is 6.29. The molecule has 0 aliphatic rings. The maximum Gasteiger partial charge on any atom is 0.332 e. The first-order valence-electron chi connectivity index (χ1n) is 8.24. The van der Waals surface area contributed by atoms with Gasteiger partial charge in [0, 0.05) is 20.1 Å². The van der Waals surface area contributed by atoms with Crippen LogP contribution in [0.2, 0.25) is 5.28 Å². The van der Waals surface area contributed by atoms with E-state index in [1.807, 2.05) is 6.92 Å². The molecule has 1 N–H and O–H groups in total. The van der Waals surface area contributed by atoms with Crippen LogP contribution >= 0.6 is 11.6 Å². The number of carbonyl (C=O) groups excluding carboxylic acids is 1. The second kappa shape index (κ2) is 7.43. The predicted octanol–water partition coefficient (Wildman–Crippen LogP) is 1.03. The average molecular weight is 370 g/mol. The molecule has 0 bridgehead atoms. The summed E-state index contributed by atoms with van der Waals surface area (Å²) >= 11 is 6.11. The van der Waals surface area contributed by atoms with Gasteiger partial charge in [-0.25, -0.2) is 4.79 Å². The van der Waals surface area contributed by atoms with Crippen LogP contribution in [0.3, 0.4) is 0 Å². The third-order valence-corrected chi connectivity index (χ3v) is 4.48. The van der Waals surface area contributed by atoms with Crippen LogP contribution in [0.25, 0.3) is 11.2 Å². The van der Waals surface area contributed by atoms with Crippen molar-refractivity contribution in [1.29, 1.82) is 0 Å². The van der Waals surface area contributed by atoms with E-state index < -0.39 is 11.2 Å². The molecule has 0 saturated carbocycles. The SMILES string of the molecule is CC(C)CC[C@H](C)NC(=O)Cn1c(Cl)nc2c1c(=O)n(C)c(=O)n2C. The van der Waals surface area contributed by atoms with Crippen LogP contribution in [0.5, 0.6) is 0 Å². The average Bonchev–Trinajstić information content (AvgIpc) is 2.85. The molecule has 0 aliphatic heterocycles. The first-order chi connectivity index (χ1) is 11.6. The number of amides is 1. The normalized spacial score (nSPS) is 12.8. The summed E-state index contributed by atoms with van der Waals surface area (Å²) in [6.07, 6.45) is 1.89. The fourth-order valence-electron chi connectivity index (χ4n) is 2.68. The number of nitrogens with one attached hydrogen (secondary N) is 1. The van der Waals surface area contributed by atoms with Crippen molar-refractivity contribution in [3.8, 4) is 0 Å². The van der Waals surface area contributed by atoms with Crippen LogP contribution < -0.4 is 16.6 Å². The lowest BCUT2D eigenvalue weighted by atomic mass is 10.0. The molecule has 1 atom stereocenters. The van der Waals surface area contributed by atoms with E-state index in [-0.39, 0.29) is 34.9 Å². The third-order valence-electron chi connectivity index (χ3n) is 4.19. The molecule has 138 valence electrons. The minimum Gasteiger partial charge on any atom is -0.352 e. The zero-order chi connectivity index (χ0) is 18.9. The Morgan fingerprint density at radius 1 is 1.16 bits per heavy atom. The van der Waals surface area contributed by atoms with Crippen molar-refractivity contribution in [2.24, 2.45) is 20.0 Å². The van der Waals surface area contributed by atoms with Crippen molar-refractivity contribution < 1.29 is 4.79 Å². The van der Waals surface area contributed by atoms with Crippen LogP contribution in [0.1, 0.15) is 33.6 Å². The molecule has 0 fully saturated rings. The van der Waals surface area contributed by atoms with E-state index >= 15 is 0 Å². The van der Waals surface area contributed by atoms with Crippen molar-refractivity contribution in [1.82, 2.24) is 24.0 Å². The third kappa shape index (κ3) is 3.95. The van der Waals surface area contributed by atoms with Crippen LogP contribution in [0.4, 0.5) is 0 Å². The van der Waals surface area contributed by atoms with Gasteiger partial charge in [-0.1, -0.05) is 13.8 Å². The van der Waals surface area contributed by atoms with Crippen molar-refractivity contribution in [2.75, 3.05) is 0 Å². The van der Waals surface area contributed by atoms with Crippen molar-refractivity contribution in [3.63, 3.8) is 0 Å². The monoisotopic (exact) mass is 369 g/mol. The minimum absolute atomic E-state index is 0.00159. The number of aromatic nitrogens is 4. The van der Waals surface area contributed by atoms with E-state index in [2.05, 4.69) is 24.1 Å². The van der Waals surface area contributed by atoms with Crippen LogP contribution in [0.15, 0.2) is 9.59 Å². The fraction of sp³-hybridized carbons (Fsp3) is 0.625. The highest BCUT2D eigenvalue weighted by atomic mass is 35.5. The lowest BCUT2D eigenvalue weighted by Gasteiger charge is -2.15. The molecule has 0 aromatic carbocycles. The zero-order valence-electron chi connectivity index (χ0n) is 15.2. The first-order valence-corrected chi connectivity index (χ1v) is 8.62. The zero-order valence-corrected chi connectivity index (χ0v) is 15.9. The van der Waals surface area contributed by atoms with Gasteiger partial charge < -0.3 is 5.32 Å². The van der Waals surface area contributed by atoms with E-state index in [9.17, 15) is 14.4 Å². The summed E-state index contributed by atoms with van der Waals surface area (Å²) in [4.78, 5) is 40.8. The topological polar surface area (TPSA) is 90.9 Å². The summed E-state index contributed by atoms with van der Waals surface area (Å²) in [6, 6.07) is 0.0237. The summed E-state index contributed by atoms with van der Waals surface area (Å²) in [7, 11) is 2.88. The molecule has 0 aliphatic carbocycles. The van der Waals surface area contributed by atoms with E-state index in [0.29, 0.717) is 5.92 Å². The number of nitrogens with zero attached hydrogens (tertiary/aromatic N) is 4. The van der Waals surface area contributed by atoms with Gasteiger partial charge in [0.05, 0.1) is 0 Å². The molecule has 9 heteroatoms. The fourth-order valence-corrected chi connectivity index (χ4v) is 2.91. The van der Waals surface area contributed by atoms with Crippen molar-refractivity contribution in [2.45, 2.75) is 46.2 Å². The van der Waals surface area contributed by atoms with Gasteiger partial charge in [0.15, 0.2) is 11.2 Å². The maximum absolute atomic E-state index is 12.4. The molecule has 0 saturated heterocycles. The van der Waals surface area contributed by atoms with Gasteiger partial charge in [-0.2, -0.15) is 4.98 Å². The predicted molar refractivity (Wildman–Crippen MR) is 96.9 cm³/mol. The van der Waals surface area contributed by atoms with E-state index in [4.69, 9.17) is 11.6 Å². The number of aryl methyl sites for hydroxylation is 1. The van der Waals surface area contributed by atoms with Crippen molar-refractivity contribution >= 4 is 28.7 Å². The number of imidazole rings is 1. The Balaban J connectivity index is 2.30. The molecule has 1 amide bonds. The molecule has 0 spiro atoms. The molecular weight excluding hydrogens is 346 g/mol. The van der Waals surface area contributed by atoms with E-state index in [1.165, 1.54) is 23.2 Å². The Labute approximate surface area is 150 Å². The quantitative estimate of drug-likeness (QED) is 0.770. The smallest absolute Gasteiger partial charge is 0.332 e. The molecule has 2 aromatic rings. The van der Waals surface area contributed by atoms with Gasteiger partial charge in [-0.15, -0.1) is 0 Å². The maximum atomic E-state index is 12.4. The standard InChI is InChI=1S/C16H24ClN5O3/c1-9(2)6-7-10(3)18-11(23)8-22-12-13(19-15(22)17)20(4)16(25)21(5)14(12)24/h9-10H,6-8H2,1-5H3,(H,18,23)/t10-/m0/s1. The minimum atomic E-state index is -0.529. The van der Waals surface area contributed by atoms with Gasteiger partial charge in [0.2, 0.25) is 11.2 Å². The summed E-state index contributed by atoms with van der Waals surface area (Å²) < 4.78 is 3.55. The Hall–Kier alpha value is -2.09. The summed E-state index contributed by atoms with van der Waals surface area (Å²) in [5, 5.41) is 2.90. The molecule has 0 radical (unpaired) electrons. The van der Waals surface area contributed by atoms with Gasteiger partial charge in [0.1, 0.15) is 6.54 Å². The second-order valence-electron chi connectivity index (χ2n) is 6.78. The molecular formula is C16H24ClN5O3. The molecule has 0 unspecified atom stereocenters. The molecule has 25 heavy (non-hydrogen) atoms.